The van der Waals surface area contributed by atoms with Crippen LogP contribution in [0, 0.1) is 0 Å². The molecule has 0 amide bonds. The first-order valence-corrected chi connectivity index (χ1v) is 2.68. The van der Waals surface area contributed by atoms with Crippen LogP contribution < -0.4 is 0 Å². The molecule has 0 fully saturated rings. The van der Waals surface area contributed by atoms with E-state index in [2.05, 4.69) is 0 Å². The first kappa shape index (κ1) is 15.7. The third-order valence-corrected chi connectivity index (χ3v) is 0. The SMILES string of the molecule is O[Si](O)(O)O.[Mg+2].[O-2]. The molecule has 7 heavy (non-hydrogen) atoms. The van der Waals surface area contributed by atoms with Crippen LogP contribution in [0.15, 0.2) is 0 Å². The van der Waals surface area contributed by atoms with E-state index >= 15 is 0 Å². The molecular weight excluding hydrogens is 132 g/mol. The van der Waals surface area contributed by atoms with E-state index in [1.165, 1.54) is 0 Å². The van der Waals surface area contributed by atoms with Crippen molar-refractivity contribution in [3.05, 3.63) is 0 Å². The standard InChI is InChI=1S/Mg.H4O4Si.O/c;1-5(2,3)4;/h;1-4H;/q+2;;-2. The summed E-state index contributed by atoms with van der Waals surface area (Å²) in [6, 6.07) is 0. The molecule has 0 aromatic rings. The molecule has 0 spiro atoms. The maximum Gasteiger partial charge on any atom is 2.00 e. The molecular formula is H4MgO5Si. The predicted molar refractivity (Wildman–Crippen MR) is 21.1 cm³/mol. The maximum atomic E-state index is 7.33. The molecule has 0 heterocycles. The van der Waals surface area contributed by atoms with Gasteiger partial charge in [0, 0.05) is 0 Å². The quantitative estimate of drug-likeness (QED) is 0.264. The van der Waals surface area contributed by atoms with Gasteiger partial charge in [0.15, 0.2) is 0 Å². The Morgan fingerprint density at radius 1 is 0.857 bits per heavy atom. The van der Waals surface area contributed by atoms with Crippen molar-refractivity contribution in [2.24, 2.45) is 0 Å². The van der Waals surface area contributed by atoms with Gasteiger partial charge in [-0.05, 0) is 0 Å². The zero-order valence-electron chi connectivity index (χ0n) is 3.40. The molecule has 0 aliphatic rings. The topological polar surface area (TPSA) is 109 Å². The van der Waals surface area contributed by atoms with E-state index in [-0.39, 0.29) is 28.5 Å². The zero-order valence-corrected chi connectivity index (χ0v) is 5.82. The van der Waals surface area contributed by atoms with Crippen LogP contribution in [0.25, 0.3) is 0 Å². The Morgan fingerprint density at radius 2 is 0.857 bits per heavy atom. The largest absolute Gasteiger partial charge is 2.00 e. The fraction of sp³-hybridized carbons (Fsp3) is 0. The van der Waals surface area contributed by atoms with Crippen molar-refractivity contribution in [2.45, 2.75) is 0 Å². The molecule has 40 valence electrons. The van der Waals surface area contributed by atoms with Gasteiger partial charge < -0.3 is 24.7 Å². The molecule has 0 aliphatic heterocycles. The van der Waals surface area contributed by atoms with Gasteiger partial charge in [0.25, 0.3) is 0 Å². The van der Waals surface area contributed by atoms with Gasteiger partial charge in [0.1, 0.15) is 0 Å². The zero-order chi connectivity index (χ0) is 4.50. The number of rotatable bonds is 0. The molecule has 0 rings (SSSR count). The van der Waals surface area contributed by atoms with Crippen molar-refractivity contribution >= 4 is 32.1 Å². The van der Waals surface area contributed by atoms with E-state index in [4.69, 9.17) is 19.2 Å². The molecule has 0 aliphatic carbocycles. The van der Waals surface area contributed by atoms with E-state index in [1.54, 1.807) is 0 Å². The van der Waals surface area contributed by atoms with Gasteiger partial charge in [-0.1, -0.05) is 0 Å². The molecule has 7 heteroatoms. The molecule has 0 saturated heterocycles. The van der Waals surface area contributed by atoms with Gasteiger partial charge in [-0.25, -0.2) is 0 Å². The Bertz CT molecular complexity index is 23.6. The average Bonchev–Trinajstić information content (AvgIpc) is 0.722. The van der Waals surface area contributed by atoms with E-state index < -0.39 is 9.05 Å². The first-order valence-electron chi connectivity index (χ1n) is 0.894. The van der Waals surface area contributed by atoms with Crippen LogP contribution >= 0.6 is 0 Å². The average molecular weight is 136 g/mol. The Labute approximate surface area is 57.2 Å². The van der Waals surface area contributed by atoms with Crippen molar-refractivity contribution in [3.63, 3.8) is 0 Å². The van der Waals surface area contributed by atoms with Gasteiger partial charge in [-0.2, -0.15) is 0 Å². The van der Waals surface area contributed by atoms with Crippen LogP contribution in [0.3, 0.4) is 0 Å². The third kappa shape index (κ3) is 253. The maximum absolute atomic E-state index is 7.33. The summed E-state index contributed by atoms with van der Waals surface area (Å²) in [6.07, 6.45) is 0. The minimum absolute atomic E-state index is 0. The Hall–Kier alpha value is 0.783. The van der Waals surface area contributed by atoms with Gasteiger partial charge >= 0.3 is 32.1 Å². The van der Waals surface area contributed by atoms with Crippen molar-refractivity contribution in [3.8, 4) is 0 Å². The minimum atomic E-state index is -4.61. The van der Waals surface area contributed by atoms with E-state index in [9.17, 15) is 0 Å². The molecule has 0 unspecified atom stereocenters. The van der Waals surface area contributed by atoms with Crippen LogP contribution in [0.2, 0.25) is 0 Å². The Kier molecular flexibility index (Phi) is 11.0. The third-order valence-electron chi connectivity index (χ3n) is 0. The van der Waals surface area contributed by atoms with Crippen LogP contribution in [0.5, 0.6) is 0 Å². The summed E-state index contributed by atoms with van der Waals surface area (Å²) >= 11 is 0. The van der Waals surface area contributed by atoms with Gasteiger partial charge in [0.05, 0.1) is 0 Å². The fourth-order valence-electron chi connectivity index (χ4n) is 0. The van der Waals surface area contributed by atoms with Crippen LogP contribution in [-0.4, -0.2) is 51.3 Å². The number of hydrogen-bond donors (Lipinski definition) is 4. The van der Waals surface area contributed by atoms with Crippen molar-refractivity contribution < 1.29 is 24.7 Å². The molecule has 0 saturated carbocycles. The minimum Gasteiger partial charge on any atom is -2.00 e. The normalized spacial score (nSPS) is 8.57. The van der Waals surface area contributed by atoms with Crippen molar-refractivity contribution in [1.29, 1.82) is 0 Å². The fourth-order valence-corrected chi connectivity index (χ4v) is 0. The van der Waals surface area contributed by atoms with Crippen molar-refractivity contribution in [2.75, 3.05) is 0 Å². The van der Waals surface area contributed by atoms with E-state index in [0.29, 0.717) is 0 Å². The van der Waals surface area contributed by atoms with E-state index in [1.807, 2.05) is 0 Å². The van der Waals surface area contributed by atoms with E-state index in [0.717, 1.165) is 0 Å². The summed E-state index contributed by atoms with van der Waals surface area (Å²) < 4.78 is 0. The van der Waals surface area contributed by atoms with Gasteiger partial charge in [-0.15, -0.1) is 0 Å². The summed E-state index contributed by atoms with van der Waals surface area (Å²) in [5.41, 5.74) is 0. The molecule has 0 aromatic carbocycles. The second kappa shape index (κ2) is 4.93. The van der Waals surface area contributed by atoms with Crippen LogP contribution in [0.1, 0.15) is 0 Å². The van der Waals surface area contributed by atoms with Crippen LogP contribution in [-0.2, 0) is 5.48 Å². The molecule has 0 radical (unpaired) electrons. The Morgan fingerprint density at radius 3 is 0.857 bits per heavy atom. The summed E-state index contributed by atoms with van der Waals surface area (Å²) in [6.45, 7) is 0. The summed E-state index contributed by atoms with van der Waals surface area (Å²) in [7, 11) is -4.61. The number of hydrogen-bond acceptors (Lipinski definition) is 4. The molecule has 0 atom stereocenters. The predicted octanol–water partition coefficient (Wildman–Crippen LogP) is -3.11. The molecule has 5 nitrogen and oxygen atoms in total. The van der Waals surface area contributed by atoms with Gasteiger partial charge in [-0.3, -0.25) is 0 Å². The summed E-state index contributed by atoms with van der Waals surface area (Å²) in [5.74, 6) is 0. The first-order chi connectivity index (χ1) is 2.00. The monoisotopic (exact) mass is 136 g/mol. The second-order valence-electron chi connectivity index (χ2n) is 0.600. The summed E-state index contributed by atoms with van der Waals surface area (Å²) in [4.78, 5) is 29.3. The molecule has 4 N–H and O–H groups in total. The van der Waals surface area contributed by atoms with Gasteiger partial charge in [0.2, 0.25) is 0 Å². The second-order valence-corrected chi connectivity index (χ2v) is 1.80. The molecule has 0 bridgehead atoms. The Balaban J connectivity index is -0.0000000800. The summed E-state index contributed by atoms with van der Waals surface area (Å²) in [5, 5.41) is 0. The van der Waals surface area contributed by atoms with Crippen molar-refractivity contribution in [1.82, 2.24) is 0 Å². The van der Waals surface area contributed by atoms with Crippen LogP contribution in [0.4, 0.5) is 0 Å². The molecule has 0 aromatic heterocycles. The smallest absolute Gasteiger partial charge is 2.00 e.